The zero-order chi connectivity index (χ0) is 13.1. The van der Waals surface area contributed by atoms with Crippen molar-refractivity contribution in [2.75, 3.05) is 5.73 Å². The summed E-state index contributed by atoms with van der Waals surface area (Å²) in [4.78, 5) is 12.0. The molecule has 0 bridgehead atoms. The van der Waals surface area contributed by atoms with E-state index in [9.17, 15) is 9.18 Å². The number of halogens is 2. The molecule has 0 aromatic heterocycles. The molecule has 0 fully saturated rings. The Morgan fingerprint density at radius 2 is 1.83 bits per heavy atom. The molecular formula is C14H11BrFNO. The summed E-state index contributed by atoms with van der Waals surface area (Å²) in [6.45, 7) is 0. The molecule has 0 amide bonds. The summed E-state index contributed by atoms with van der Waals surface area (Å²) in [5.41, 5.74) is 7.55. The topological polar surface area (TPSA) is 43.1 Å². The van der Waals surface area contributed by atoms with Crippen LogP contribution >= 0.6 is 15.9 Å². The smallest absolute Gasteiger partial charge is 0.167 e. The predicted octanol–water partition coefficient (Wildman–Crippen LogP) is 3.60. The van der Waals surface area contributed by atoms with Crippen molar-refractivity contribution in [3.63, 3.8) is 0 Å². The molecule has 2 rings (SSSR count). The molecule has 0 aliphatic rings. The first-order valence-corrected chi connectivity index (χ1v) is 6.18. The van der Waals surface area contributed by atoms with Gasteiger partial charge in [-0.15, -0.1) is 0 Å². The van der Waals surface area contributed by atoms with E-state index < -0.39 is 0 Å². The van der Waals surface area contributed by atoms with E-state index in [0.717, 1.165) is 5.56 Å². The summed E-state index contributed by atoms with van der Waals surface area (Å²) in [5, 5.41) is 0. The number of Topliss-reactive ketones (excluding diaryl/α,β-unsaturated/α-hetero) is 1. The Balaban J connectivity index is 2.16. The number of anilines is 1. The molecule has 0 saturated carbocycles. The molecule has 0 heterocycles. The molecule has 2 aromatic carbocycles. The zero-order valence-electron chi connectivity index (χ0n) is 9.49. The molecule has 18 heavy (non-hydrogen) atoms. The third-order valence-electron chi connectivity index (χ3n) is 2.58. The van der Waals surface area contributed by atoms with Gasteiger partial charge in [-0.05, 0) is 57.9 Å². The molecule has 4 heteroatoms. The summed E-state index contributed by atoms with van der Waals surface area (Å²) >= 11 is 3.10. The van der Waals surface area contributed by atoms with E-state index in [4.69, 9.17) is 5.73 Å². The Bertz CT molecular complexity index is 581. The fraction of sp³-hybridized carbons (Fsp3) is 0.0714. The lowest BCUT2D eigenvalue weighted by atomic mass is 10.0. The Kier molecular flexibility index (Phi) is 3.77. The second kappa shape index (κ2) is 5.31. The predicted molar refractivity (Wildman–Crippen MR) is 73.0 cm³/mol. The van der Waals surface area contributed by atoms with Crippen molar-refractivity contribution >= 4 is 27.4 Å². The normalized spacial score (nSPS) is 10.3. The number of hydrogen-bond donors (Lipinski definition) is 1. The Hall–Kier alpha value is -1.68. The molecule has 0 aliphatic carbocycles. The van der Waals surface area contributed by atoms with Crippen LogP contribution in [0.2, 0.25) is 0 Å². The van der Waals surface area contributed by atoms with Gasteiger partial charge in [0.15, 0.2) is 5.78 Å². The molecule has 92 valence electrons. The van der Waals surface area contributed by atoms with Crippen LogP contribution in [0, 0.1) is 5.82 Å². The second-order valence-corrected chi connectivity index (χ2v) is 4.82. The first kappa shape index (κ1) is 12.8. The van der Waals surface area contributed by atoms with E-state index in [1.165, 1.54) is 6.07 Å². The van der Waals surface area contributed by atoms with Gasteiger partial charge in [0, 0.05) is 17.7 Å². The highest BCUT2D eigenvalue weighted by Crippen LogP contribution is 2.18. The molecule has 0 aliphatic heterocycles. The van der Waals surface area contributed by atoms with Crippen molar-refractivity contribution in [2.45, 2.75) is 6.42 Å². The van der Waals surface area contributed by atoms with E-state index >= 15 is 0 Å². The minimum absolute atomic E-state index is 0.0199. The molecule has 0 atom stereocenters. The van der Waals surface area contributed by atoms with E-state index in [1.807, 2.05) is 0 Å². The Morgan fingerprint density at radius 1 is 1.17 bits per heavy atom. The van der Waals surface area contributed by atoms with Gasteiger partial charge in [0.05, 0.1) is 4.47 Å². The van der Waals surface area contributed by atoms with Crippen molar-refractivity contribution in [3.05, 3.63) is 63.9 Å². The minimum Gasteiger partial charge on any atom is -0.399 e. The number of carbonyl (C=O) groups is 1. The monoisotopic (exact) mass is 307 g/mol. The van der Waals surface area contributed by atoms with Crippen LogP contribution in [0.1, 0.15) is 15.9 Å². The van der Waals surface area contributed by atoms with E-state index in [1.54, 1.807) is 36.4 Å². The van der Waals surface area contributed by atoms with Crippen LogP contribution in [-0.4, -0.2) is 5.78 Å². The molecule has 0 saturated heterocycles. The Labute approximate surface area is 113 Å². The summed E-state index contributed by atoms with van der Waals surface area (Å²) in [6.07, 6.45) is 0.239. The van der Waals surface area contributed by atoms with Crippen molar-refractivity contribution in [1.82, 2.24) is 0 Å². The van der Waals surface area contributed by atoms with Gasteiger partial charge in [-0.3, -0.25) is 4.79 Å². The molecule has 2 nitrogen and oxygen atoms in total. The summed E-state index contributed by atoms with van der Waals surface area (Å²) < 4.78 is 13.4. The molecular weight excluding hydrogens is 297 g/mol. The van der Waals surface area contributed by atoms with Crippen LogP contribution in [0.5, 0.6) is 0 Å². The number of nitrogen functional groups attached to an aromatic ring is 1. The maximum absolute atomic E-state index is 13.1. The van der Waals surface area contributed by atoms with Gasteiger partial charge >= 0.3 is 0 Å². The molecule has 2 aromatic rings. The van der Waals surface area contributed by atoms with Gasteiger partial charge in [-0.25, -0.2) is 4.39 Å². The third-order valence-corrected chi connectivity index (χ3v) is 3.19. The van der Waals surface area contributed by atoms with Crippen LogP contribution in [0.4, 0.5) is 10.1 Å². The van der Waals surface area contributed by atoms with Crippen molar-refractivity contribution in [1.29, 1.82) is 0 Å². The summed E-state index contributed by atoms with van der Waals surface area (Å²) in [7, 11) is 0. The van der Waals surface area contributed by atoms with E-state index in [2.05, 4.69) is 15.9 Å². The maximum atomic E-state index is 13.1. The number of ketones is 1. The van der Waals surface area contributed by atoms with Crippen LogP contribution in [0.25, 0.3) is 0 Å². The first-order chi connectivity index (χ1) is 8.56. The highest BCUT2D eigenvalue weighted by Gasteiger charge is 2.08. The lowest BCUT2D eigenvalue weighted by molar-refractivity contribution is 0.0993. The quantitative estimate of drug-likeness (QED) is 0.695. The van der Waals surface area contributed by atoms with Gasteiger partial charge < -0.3 is 5.73 Å². The summed E-state index contributed by atoms with van der Waals surface area (Å²) in [5.74, 6) is -0.354. The minimum atomic E-state index is -0.335. The summed E-state index contributed by atoms with van der Waals surface area (Å²) in [6, 6.07) is 11.3. The number of carbonyl (C=O) groups excluding carboxylic acids is 1. The molecule has 0 spiro atoms. The van der Waals surface area contributed by atoms with Crippen molar-refractivity contribution < 1.29 is 9.18 Å². The van der Waals surface area contributed by atoms with Gasteiger partial charge in [0.2, 0.25) is 0 Å². The molecule has 2 N–H and O–H groups in total. The van der Waals surface area contributed by atoms with Gasteiger partial charge in [0.25, 0.3) is 0 Å². The van der Waals surface area contributed by atoms with Crippen LogP contribution in [0.3, 0.4) is 0 Å². The number of benzene rings is 2. The number of nitrogens with two attached hydrogens (primary N) is 1. The fourth-order valence-electron chi connectivity index (χ4n) is 1.61. The number of rotatable bonds is 3. The van der Waals surface area contributed by atoms with Gasteiger partial charge in [0.1, 0.15) is 5.82 Å². The van der Waals surface area contributed by atoms with Crippen molar-refractivity contribution in [3.8, 4) is 0 Å². The van der Waals surface area contributed by atoms with E-state index in [-0.39, 0.29) is 18.0 Å². The van der Waals surface area contributed by atoms with Gasteiger partial charge in [-0.2, -0.15) is 0 Å². The molecule has 0 radical (unpaired) electrons. The molecule has 0 unspecified atom stereocenters. The average Bonchev–Trinajstić information content (AvgIpc) is 2.34. The van der Waals surface area contributed by atoms with Crippen molar-refractivity contribution in [2.24, 2.45) is 0 Å². The zero-order valence-corrected chi connectivity index (χ0v) is 11.1. The maximum Gasteiger partial charge on any atom is 0.167 e. The lowest BCUT2D eigenvalue weighted by Crippen LogP contribution is -2.03. The van der Waals surface area contributed by atoms with Crippen LogP contribution < -0.4 is 5.73 Å². The first-order valence-electron chi connectivity index (χ1n) is 5.39. The SMILES string of the molecule is Nc1ccc(C(=O)Cc2ccc(F)c(Br)c2)cc1. The number of hydrogen-bond acceptors (Lipinski definition) is 2. The van der Waals surface area contributed by atoms with E-state index in [0.29, 0.717) is 15.7 Å². The van der Waals surface area contributed by atoms with Gasteiger partial charge in [-0.1, -0.05) is 6.07 Å². The largest absolute Gasteiger partial charge is 0.399 e. The third kappa shape index (κ3) is 2.96. The lowest BCUT2D eigenvalue weighted by Gasteiger charge is -2.03. The van der Waals surface area contributed by atoms with Crippen LogP contribution in [-0.2, 0) is 6.42 Å². The second-order valence-electron chi connectivity index (χ2n) is 3.97. The van der Waals surface area contributed by atoms with Crippen LogP contribution in [0.15, 0.2) is 46.9 Å². The standard InChI is InChI=1S/C14H11BrFNO/c15-12-7-9(1-6-13(12)16)8-14(18)10-2-4-11(17)5-3-10/h1-7H,8,17H2. The Morgan fingerprint density at radius 3 is 2.44 bits per heavy atom. The highest BCUT2D eigenvalue weighted by molar-refractivity contribution is 9.10. The average molecular weight is 308 g/mol. The fourth-order valence-corrected chi connectivity index (χ4v) is 2.03. The highest BCUT2D eigenvalue weighted by atomic mass is 79.9.